The van der Waals surface area contributed by atoms with Crippen LogP contribution in [0.1, 0.15) is 39.6 Å². The molecule has 1 unspecified atom stereocenters. The maximum Gasteiger partial charge on any atom is 0.273 e. The van der Waals surface area contributed by atoms with Crippen LogP contribution >= 0.6 is 0 Å². The summed E-state index contributed by atoms with van der Waals surface area (Å²) >= 11 is 0. The fraction of sp³-hybridized carbons (Fsp3) is 0.400. The third-order valence-electron chi connectivity index (χ3n) is 3.95. The zero-order valence-corrected chi connectivity index (χ0v) is 13.3. The highest BCUT2D eigenvalue weighted by molar-refractivity contribution is 5.94. The molecule has 0 spiro atoms. The normalized spacial score (nSPS) is 16.8. The number of rotatable bonds is 2. The number of fused-ring (bicyclic) bond motifs is 1. The van der Waals surface area contributed by atoms with Gasteiger partial charge in [-0.05, 0) is 13.0 Å². The van der Waals surface area contributed by atoms with Crippen molar-refractivity contribution in [2.75, 3.05) is 20.6 Å². The van der Waals surface area contributed by atoms with Crippen molar-refractivity contribution >= 4 is 11.8 Å². The van der Waals surface area contributed by atoms with E-state index >= 15 is 0 Å². The molecule has 0 bridgehead atoms. The summed E-state index contributed by atoms with van der Waals surface area (Å²) in [4.78, 5) is 32.3. The average molecular weight is 314 g/mol. The molecule has 2 amide bonds. The second-order valence-electron chi connectivity index (χ2n) is 5.68. The minimum Gasteiger partial charge on any atom is -0.343 e. The van der Waals surface area contributed by atoms with Crippen LogP contribution < -0.4 is 0 Å². The van der Waals surface area contributed by atoms with Crippen LogP contribution in [0.3, 0.4) is 0 Å². The maximum atomic E-state index is 12.6. The Hall–Kier alpha value is -2.77. The van der Waals surface area contributed by atoms with Gasteiger partial charge in [0, 0.05) is 33.4 Å². The third-order valence-corrected chi connectivity index (χ3v) is 3.95. The number of carbonyl (C=O) groups excluding carboxylic acids is 2. The summed E-state index contributed by atoms with van der Waals surface area (Å²) in [6, 6.07) is 1.43. The van der Waals surface area contributed by atoms with Crippen LogP contribution in [0.2, 0.25) is 0 Å². The number of nitrogens with zero attached hydrogens (tertiary/aromatic N) is 6. The van der Waals surface area contributed by atoms with Crippen LogP contribution in [0.15, 0.2) is 24.7 Å². The number of carbonyl (C=O) groups is 2. The molecule has 1 atom stereocenters. The fourth-order valence-electron chi connectivity index (χ4n) is 2.68. The number of amides is 2. The monoisotopic (exact) mass is 314 g/mol. The SMILES string of the molecule is CC1c2nc(C(=O)N(C)C)cn2CCN1C(=O)c1ccnnc1. The topological polar surface area (TPSA) is 84.2 Å². The molecule has 23 heavy (non-hydrogen) atoms. The van der Waals surface area contributed by atoms with Gasteiger partial charge < -0.3 is 14.4 Å². The van der Waals surface area contributed by atoms with Crippen LogP contribution in [0.4, 0.5) is 0 Å². The van der Waals surface area contributed by atoms with E-state index in [1.54, 1.807) is 31.3 Å². The van der Waals surface area contributed by atoms with Crippen LogP contribution in [-0.4, -0.2) is 62.0 Å². The van der Waals surface area contributed by atoms with Gasteiger partial charge in [-0.1, -0.05) is 0 Å². The zero-order chi connectivity index (χ0) is 16.6. The second kappa shape index (κ2) is 5.79. The molecule has 2 aromatic heterocycles. The predicted octanol–water partition coefficient (Wildman–Crippen LogP) is 0.592. The average Bonchev–Trinajstić information content (AvgIpc) is 2.99. The minimum absolute atomic E-state index is 0.109. The van der Waals surface area contributed by atoms with Crippen molar-refractivity contribution < 1.29 is 9.59 Å². The summed E-state index contributed by atoms with van der Waals surface area (Å²) in [7, 11) is 3.38. The van der Waals surface area contributed by atoms with Crippen LogP contribution in [0, 0.1) is 0 Å². The molecule has 8 heteroatoms. The Morgan fingerprint density at radius 2 is 2.04 bits per heavy atom. The van der Waals surface area contributed by atoms with Crippen LogP contribution in [-0.2, 0) is 6.54 Å². The van der Waals surface area contributed by atoms with Gasteiger partial charge in [0.25, 0.3) is 11.8 Å². The van der Waals surface area contributed by atoms with Gasteiger partial charge in [-0.2, -0.15) is 10.2 Å². The van der Waals surface area contributed by atoms with Crippen molar-refractivity contribution in [1.29, 1.82) is 0 Å². The minimum atomic E-state index is -0.215. The second-order valence-corrected chi connectivity index (χ2v) is 5.68. The van der Waals surface area contributed by atoms with Crippen molar-refractivity contribution in [3.63, 3.8) is 0 Å². The Labute approximate surface area is 133 Å². The van der Waals surface area contributed by atoms with Crippen molar-refractivity contribution in [3.8, 4) is 0 Å². The maximum absolute atomic E-state index is 12.6. The highest BCUT2D eigenvalue weighted by Gasteiger charge is 2.31. The van der Waals surface area contributed by atoms with E-state index in [9.17, 15) is 9.59 Å². The first-order chi connectivity index (χ1) is 11.0. The molecular weight excluding hydrogens is 296 g/mol. The fourth-order valence-corrected chi connectivity index (χ4v) is 2.68. The van der Waals surface area contributed by atoms with Gasteiger partial charge >= 0.3 is 0 Å². The number of imidazole rings is 1. The smallest absolute Gasteiger partial charge is 0.273 e. The summed E-state index contributed by atoms with van der Waals surface area (Å²) in [5, 5.41) is 7.44. The summed E-state index contributed by atoms with van der Waals surface area (Å²) in [5.41, 5.74) is 0.896. The summed E-state index contributed by atoms with van der Waals surface area (Å²) in [5.74, 6) is 0.467. The van der Waals surface area contributed by atoms with Crippen molar-refractivity contribution in [3.05, 3.63) is 41.7 Å². The lowest BCUT2D eigenvalue weighted by molar-refractivity contribution is 0.0637. The first-order valence-electron chi connectivity index (χ1n) is 7.35. The molecule has 0 radical (unpaired) electrons. The molecule has 2 aromatic rings. The zero-order valence-electron chi connectivity index (χ0n) is 13.3. The summed E-state index contributed by atoms with van der Waals surface area (Å²) in [6.45, 7) is 3.08. The van der Waals surface area contributed by atoms with Gasteiger partial charge in [-0.25, -0.2) is 4.98 Å². The molecule has 8 nitrogen and oxygen atoms in total. The van der Waals surface area contributed by atoms with E-state index in [0.717, 1.165) is 5.82 Å². The largest absolute Gasteiger partial charge is 0.343 e. The first kappa shape index (κ1) is 15.1. The quantitative estimate of drug-likeness (QED) is 0.810. The lowest BCUT2D eigenvalue weighted by atomic mass is 10.1. The van der Waals surface area contributed by atoms with E-state index in [-0.39, 0.29) is 17.9 Å². The van der Waals surface area contributed by atoms with Crippen molar-refractivity contribution in [1.82, 2.24) is 29.5 Å². The highest BCUT2D eigenvalue weighted by atomic mass is 16.2. The number of aromatic nitrogens is 4. The lowest BCUT2D eigenvalue weighted by Gasteiger charge is -2.33. The van der Waals surface area contributed by atoms with Gasteiger partial charge in [0.1, 0.15) is 11.5 Å². The molecule has 0 aromatic carbocycles. The Morgan fingerprint density at radius 1 is 1.26 bits per heavy atom. The van der Waals surface area contributed by atoms with E-state index in [4.69, 9.17) is 0 Å². The molecular formula is C15H18N6O2. The van der Waals surface area contributed by atoms with Crippen molar-refractivity contribution in [2.45, 2.75) is 19.5 Å². The standard InChI is InChI=1S/C15H18N6O2/c1-10-13-18-12(15(23)19(2)3)9-20(13)6-7-21(10)14(22)11-4-5-16-17-8-11/h4-5,8-10H,6-7H2,1-3H3. The van der Waals surface area contributed by atoms with E-state index < -0.39 is 0 Å². The number of hydrogen-bond donors (Lipinski definition) is 0. The van der Waals surface area contributed by atoms with Gasteiger partial charge in [0.2, 0.25) is 0 Å². The molecule has 0 N–H and O–H groups in total. The van der Waals surface area contributed by atoms with Crippen LogP contribution in [0.5, 0.6) is 0 Å². The van der Waals surface area contributed by atoms with E-state index in [0.29, 0.717) is 24.3 Å². The molecule has 120 valence electrons. The predicted molar refractivity (Wildman–Crippen MR) is 81.7 cm³/mol. The molecule has 0 saturated carbocycles. The van der Waals surface area contributed by atoms with Crippen molar-refractivity contribution in [2.24, 2.45) is 0 Å². The highest BCUT2D eigenvalue weighted by Crippen LogP contribution is 2.26. The van der Waals surface area contributed by atoms with Gasteiger partial charge in [-0.3, -0.25) is 9.59 Å². The van der Waals surface area contributed by atoms with E-state index in [1.807, 2.05) is 11.5 Å². The molecule has 0 aliphatic carbocycles. The van der Waals surface area contributed by atoms with Gasteiger partial charge in [0.15, 0.2) is 0 Å². The van der Waals surface area contributed by atoms with Crippen LogP contribution in [0.25, 0.3) is 0 Å². The van der Waals surface area contributed by atoms with Gasteiger partial charge in [-0.15, -0.1) is 0 Å². The summed E-state index contributed by atoms with van der Waals surface area (Å²) in [6.07, 6.45) is 4.71. The molecule has 3 rings (SSSR count). The molecule has 1 aliphatic heterocycles. The number of hydrogen-bond acceptors (Lipinski definition) is 5. The lowest BCUT2D eigenvalue weighted by Crippen LogP contribution is -2.41. The Bertz CT molecular complexity index is 740. The summed E-state index contributed by atoms with van der Waals surface area (Å²) < 4.78 is 1.94. The Balaban J connectivity index is 1.87. The molecule has 3 heterocycles. The van der Waals surface area contributed by atoms with Gasteiger partial charge in [0.05, 0.1) is 24.0 Å². The molecule has 0 fully saturated rings. The van der Waals surface area contributed by atoms with E-state index in [2.05, 4.69) is 15.2 Å². The first-order valence-corrected chi connectivity index (χ1v) is 7.35. The van der Waals surface area contributed by atoms with E-state index in [1.165, 1.54) is 17.3 Å². The Kier molecular flexibility index (Phi) is 3.81. The molecule has 1 aliphatic rings. The Morgan fingerprint density at radius 3 is 2.70 bits per heavy atom. The molecule has 0 saturated heterocycles. The third kappa shape index (κ3) is 2.67.